The number of carbonyl (C=O) groups is 2. The maximum Gasteiger partial charge on any atom is 0.317 e. The lowest BCUT2D eigenvalue weighted by molar-refractivity contribution is -0.143. The highest BCUT2D eigenvalue weighted by Gasteiger charge is 2.31. The van der Waals surface area contributed by atoms with E-state index in [1.165, 1.54) is 0 Å². The summed E-state index contributed by atoms with van der Waals surface area (Å²) in [5.41, 5.74) is 1.96. The molecule has 1 aliphatic carbocycles. The number of benzene rings is 1. The lowest BCUT2D eigenvalue weighted by Crippen LogP contribution is -2.50. The molecule has 2 unspecified atom stereocenters. The molecule has 1 aromatic rings. The Bertz CT molecular complexity index is 602. The number of piperidine rings is 1. The Kier molecular flexibility index (Phi) is 3.92. The number of urea groups is 1. The van der Waals surface area contributed by atoms with Gasteiger partial charge in [-0.25, -0.2) is 4.79 Å². The molecule has 0 radical (unpaired) electrons. The van der Waals surface area contributed by atoms with Crippen LogP contribution in [0.3, 0.4) is 0 Å². The average Bonchev–Trinajstić information content (AvgIpc) is 2.91. The molecule has 118 valence electrons. The molecule has 3 rings (SSSR count). The van der Waals surface area contributed by atoms with Gasteiger partial charge in [-0.1, -0.05) is 12.1 Å². The maximum atomic E-state index is 12.3. The number of fused-ring (bicyclic) bond motifs is 1. The molecule has 3 N–H and O–H groups in total. The Balaban J connectivity index is 1.59. The fraction of sp³-hybridized carbons (Fsp3) is 0.500. The number of carboxylic acids is 1. The molecule has 1 aromatic carbocycles. The van der Waals surface area contributed by atoms with Crippen LogP contribution in [0.1, 0.15) is 24.0 Å². The average molecular weight is 304 g/mol. The largest absolute Gasteiger partial charge is 0.508 e. The normalized spacial score (nSPS) is 23.9. The summed E-state index contributed by atoms with van der Waals surface area (Å²) >= 11 is 0. The van der Waals surface area contributed by atoms with Crippen LogP contribution in [0.15, 0.2) is 18.2 Å². The van der Waals surface area contributed by atoms with Gasteiger partial charge in [0, 0.05) is 19.1 Å². The van der Waals surface area contributed by atoms with Crippen LogP contribution in [-0.2, 0) is 17.6 Å². The van der Waals surface area contributed by atoms with Crippen LogP contribution in [-0.4, -0.2) is 46.2 Å². The number of hydrogen-bond acceptors (Lipinski definition) is 3. The van der Waals surface area contributed by atoms with Gasteiger partial charge in [-0.15, -0.1) is 0 Å². The molecular weight excluding hydrogens is 284 g/mol. The van der Waals surface area contributed by atoms with Gasteiger partial charge < -0.3 is 20.4 Å². The van der Waals surface area contributed by atoms with Crippen molar-refractivity contribution < 1.29 is 19.8 Å². The van der Waals surface area contributed by atoms with E-state index in [1.54, 1.807) is 17.0 Å². The number of hydrogen-bond donors (Lipinski definition) is 3. The Morgan fingerprint density at radius 3 is 2.82 bits per heavy atom. The van der Waals surface area contributed by atoms with Crippen LogP contribution in [0.5, 0.6) is 5.75 Å². The highest BCUT2D eigenvalue weighted by Crippen LogP contribution is 2.29. The second kappa shape index (κ2) is 5.87. The van der Waals surface area contributed by atoms with Crippen LogP contribution in [0.4, 0.5) is 4.79 Å². The molecule has 0 bridgehead atoms. The first-order valence-corrected chi connectivity index (χ1v) is 7.62. The SMILES string of the molecule is O=C(O)C1CCCN(C(=O)NC2Cc3cccc(O)c3C2)C1. The van der Waals surface area contributed by atoms with Crippen LogP contribution < -0.4 is 5.32 Å². The lowest BCUT2D eigenvalue weighted by atomic mass is 9.99. The number of carbonyl (C=O) groups excluding carboxylic acids is 1. The van der Waals surface area contributed by atoms with Crippen molar-refractivity contribution in [2.45, 2.75) is 31.7 Å². The molecule has 1 saturated heterocycles. The van der Waals surface area contributed by atoms with Gasteiger partial charge in [-0.2, -0.15) is 0 Å². The quantitative estimate of drug-likeness (QED) is 0.769. The molecule has 0 saturated carbocycles. The number of aromatic hydroxyl groups is 1. The summed E-state index contributed by atoms with van der Waals surface area (Å²) in [6, 6.07) is 5.18. The van der Waals surface area contributed by atoms with Crippen molar-refractivity contribution in [2.24, 2.45) is 5.92 Å². The smallest absolute Gasteiger partial charge is 0.317 e. The van der Waals surface area contributed by atoms with Crippen molar-refractivity contribution in [3.63, 3.8) is 0 Å². The predicted molar refractivity (Wildman–Crippen MR) is 79.8 cm³/mol. The third-order valence-corrected chi connectivity index (χ3v) is 4.55. The number of nitrogens with one attached hydrogen (secondary N) is 1. The molecule has 0 aromatic heterocycles. The number of likely N-dealkylation sites (tertiary alicyclic amines) is 1. The molecule has 6 heteroatoms. The minimum atomic E-state index is -0.837. The van der Waals surface area contributed by atoms with E-state index in [9.17, 15) is 14.7 Å². The Morgan fingerprint density at radius 1 is 1.27 bits per heavy atom. The Hall–Kier alpha value is -2.24. The molecule has 2 aliphatic rings. The van der Waals surface area contributed by atoms with E-state index in [2.05, 4.69) is 5.32 Å². The summed E-state index contributed by atoms with van der Waals surface area (Å²) in [7, 11) is 0. The van der Waals surface area contributed by atoms with Gasteiger partial charge in [0.2, 0.25) is 0 Å². The number of carboxylic acid groups (broad SMARTS) is 1. The van der Waals surface area contributed by atoms with Crippen molar-refractivity contribution in [3.8, 4) is 5.75 Å². The van der Waals surface area contributed by atoms with Gasteiger partial charge in [0.25, 0.3) is 0 Å². The van der Waals surface area contributed by atoms with Gasteiger partial charge in [-0.05, 0) is 42.9 Å². The predicted octanol–water partition coefficient (Wildman–Crippen LogP) is 1.37. The number of phenolic OH excluding ortho intramolecular Hbond substituents is 1. The van der Waals surface area contributed by atoms with E-state index in [4.69, 9.17) is 5.11 Å². The molecule has 1 heterocycles. The van der Waals surface area contributed by atoms with Crippen molar-refractivity contribution in [3.05, 3.63) is 29.3 Å². The second-order valence-corrected chi connectivity index (χ2v) is 6.09. The van der Waals surface area contributed by atoms with Gasteiger partial charge in [-0.3, -0.25) is 4.79 Å². The van der Waals surface area contributed by atoms with Crippen LogP contribution >= 0.6 is 0 Å². The van der Waals surface area contributed by atoms with Crippen molar-refractivity contribution in [2.75, 3.05) is 13.1 Å². The van der Waals surface area contributed by atoms with Crippen molar-refractivity contribution in [1.82, 2.24) is 10.2 Å². The van der Waals surface area contributed by atoms with E-state index < -0.39 is 11.9 Å². The molecule has 1 fully saturated rings. The summed E-state index contributed by atoms with van der Waals surface area (Å²) in [6.45, 7) is 0.868. The Morgan fingerprint density at radius 2 is 2.09 bits per heavy atom. The standard InChI is InChI=1S/C16H20N2O4/c19-14-5-1-3-10-7-12(8-13(10)14)17-16(22)18-6-2-4-11(9-18)15(20)21/h1,3,5,11-12,19H,2,4,6-9H2,(H,17,22)(H,20,21). The zero-order valence-corrected chi connectivity index (χ0v) is 12.3. The number of phenols is 1. The molecule has 1 aliphatic heterocycles. The van der Waals surface area contributed by atoms with E-state index in [0.717, 1.165) is 17.5 Å². The third-order valence-electron chi connectivity index (χ3n) is 4.55. The van der Waals surface area contributed by atoms with E-state index in [0.29, 0.717) is 25.8 Å². The first-order chi connectivity index (χ1) is 10.5. The fourth-order valence-electron chi connectivity index (χ4n) is 3.36. The van der Waals surface area contributed by atoms with Crippen molar-refractivity contribution in [1.29, 1.82) is 0 Å². The number of amides is 2. The van der Waals surface area contributed by atoms with Gasteiger partial charge in [0.05, 0.1) is 5.92 Å². The minimum absolute atomic E-state index is 0.0407. The van der Waals surface area contributed by atoms with E-state index in [1.807, 2.05) is 6.07 Å². The van der Waals surface area contributed by atoms with Crippen LogP contribution in [0, 0.1) is 5.92 Å². The molecule has 6 nitrogen and oxygen atoms in total. The summed E-state index contributed by atoms with van der Waals surface area (Å²) in [5, 5.41) is 21.9. The maximum absolute atomic E-state index is 12.3. The molecular formula is C16H20N2O4. The van der Waals surface area contributed by atoms with Crippen LogP contribution in [0.2, 0.25) is 0 Å². The summed E-state index contributed by atoms with van der Waals surface area (Å²) in [4.78, 5) is 25.0. The second-order valence-electron chi connectivity index (χ2n) is 6.09. The number of aliphatic carboxylic acids is 1. The topological polar surface area (TPSA) is 89.9 Å². The van der Waals surface area contributed by atoms with Crippen LogP contribution in [0.25, 0.3) is 0 Å². The number of rotatable bonds is 2. The summed E-state index contributed by atoms with van der Waals surface area (Å²) < 4.78 is 0. The third kappa shape index (κ3) is 2.86. The first kappa shape index (κ1) is 14.7. The molecule has 2 amide bonds. The number of nitrogens with zero attached hydrogens (tertiary/aromatic N) is 1. The van der Waals surface area contributed by atoms with E-state index >= 15 is 0 Å². The first-order valence-electron chi connectivity index (χ1n) is 7.62. The molecule has 22 heavy (non-hydrogen) atoms. The van der Waals surface area contributed by atoms with E-state index in [-0.39, 0.29) is 24.4 Å². The lowest BCUT2D eigenvalue weighted by Gasteiger charge is -2.31. The highest BCUT2D eigenvalue weighted by molar-refractivity contribution is 5.77. The molecule has 0 spiro atoms. The Labute approximate surface area is 128 Å². The molecule has 2 atom stereocenters. The monoisotopic (exact) mass is 304 g/mol. The minimum Gasteiger partial charge on any atom is -0.508 e. The summed E-state index contributed by atoms with van der Waals surface area (Å²) in [6.07, 6.45) is 2.66. The van der Waals surface area contributed by atoms with Gasteiger partial charge in [0.1, 0.15) is 5.75 Å². The van der Waals surface area contributed by atoms with Gasteiger partial charge >= 0.3 is 12.0 Å². The fourth-order valence-corrected chi connectivity index (χ4v) is 3.36. The summed E-state index contributed by atoms with van der Waals surface area (Å²) in [5.74, 6) is -1.03. The highest BCUT2D eigenvalue weighted by atomic mass is 16.4. The van der Waals surface area contributed by atoms with Crippen molar-refractivity contribution >= 4 is 12.0 Å². The van der Waals surface area contributed by atoms with Gasteiger partial charge in [0.15, 0.2) is 0 Å². The zero-order valence-electron chi connectivity index (χ0n) is 12.3. The zero-order chi connectivity index (χ0) is 15.7.